The minimum absolute atomic E-state index is 0.0831. The van der Waals surface area contributed by atoms with Gasteiger partial charge in [0.25, 0.3) is 5.91 Å². The van der Waals surface area contributed by atoms with Gasteiger partial charge in [0.2, 0.25) is 11.8 Å². The molecule has 3 aromatic rings. The molecule has 152 valence electrons. The van der Waals surface area contributed by atoms with Crippen LogP contribution in [-0.2, 0) is 16.1 Å². The lowest BCUT2D eigenvalue weighted by Crippen LogP contribution is -2.34. The van der Waals surface area contributed by atoms with E-state index < -0.39 is 5.25 Å². The number of anilines is 2. The quantitative estimate of drug-likeness (QED) is 0.564. The van der Waals surface area contributed by atoms with E-state index in [0.29, 0.717) is 12.2 Å². The summed E-state index contributed by atoms with van der Waals surface area (Å²) in [6.07, 6.45) is 1.52. The molecule has 1 aliphatic heterocycles. The number of para-hydroxylation sites is 1. The van der Waals surface area contributed by atoms with Gasteiger partial charge in [-0.25, -0.2) is 0 Å². The number of nitrogens with one attached hydrogen (secondary N) is 3. The Morgan fingerprint density at radius 1 is 1.07 bits per heavy atom. The fourth-order valence-electron chi connectivity index (χ4n) is 3.03. The van der Waals surface area contributed by atoms with Crippen molar-refractivity contribution in [2.24, 2.45) is 0 Å². The van der Waals surface area contributed by atoms with E-state index in [0.717, 1.165) is 16.1 Å². The van der Waals surface area contributed by atoms with Gasteiger partial charge in [-0.1, -0.05) is 24.3 Å². The normalized spacial score (nSPS) is 15.1. The highest BCUT2D eigenvalue weighted by atomic mass is 32.2. The Kier molecular flexibility index (Phi) is 5.85. The number of hydrogen-bond acceptors (Lipinski definition) is 5. The minimum atomic E-state index is -0.473. The second-order valence-corrected chi connectivity index (χ2v) is 7.95. The highest BCUT2D eigenvalue weighted by molar-refractivity contribution is 8.01. The van der Waals surface area contributed by atoms with Crippen molar-refractivity contribution in [1.82, 2.24) is 5.32 Å². The third-order valence-corrected chi connectivity index (χ3v) is 5.77. The first kappa shape index (κ1) is 19.8. The first-order valence-electron chi connectivity index (χ1n) is 9.35. The molecule has 1 atom stereocenters. The molecule has 0 fully saturated rings. The van der Waals surface area contributed by atoms with Gasteiger partial charge in [-0.3, -0.25) is 14.4 Å². The van der Waals surface area contributed by atoms with Crippen molar-refractivity contribution in [1.29, 1.82) is 0 Å². The van der Waals surface area contributed by atoms with Gasteiger partial charge >= 0.3 is 0 Å². The molecule has 0 unspecified atom stereocenters. The van der Waals surface area contributed by atoms with Crippen LogP contribution >= 0.6 is 11.8 Å². The molecule has 4 rings (SSSR count). The largest absolute Gasteiger partial charge is 0.459 e. The van der Waals surface area contributed by atoms with Gasteiger partial charge in [-0.2, -0.15) is 0 Å². The molecule has 1 aromatic heterocycles. The van der Waals surface area contributed by atoms with Crippen LogP contribution in [0.15, 0.2) is 76.2 Å². The van der Waals surface area contributed by atoms with Gasteiger partial charge in [-0.15, -0.1) is 11.8 Å². The third-order valence-electron chi connectivity index (χ3n) is 4.50. The first-order chi connectivity index (χ1) is 14.6. The van der Waals surface area contributed by atoms with E-state index in [1.54, 1.807) is 30.3 Å². The standard InChI is InChI=1S/C22H19N3O4S/c26-20(12-19-22(28)25-16-7-1-2-9-18(16)30-19)23-13-14-5-3-6-15(11-14)24-21(27)17-8-4-10-29-17/h1-11,19H,12-13H2,(H,23,26)(H,24,27)(H,25,28)/t19-/m1/s1. The first-order valence-corrected chi connectivity index (χ1v) is 10.2. The number of amides is 3. The molecule has 2 heterocycles. The van der Waals surface area contributed by atoms with E-state index in [9.17, 15) is 14.4 Å². The van der Waals surface area contributed by atoms with Gasteiger partial charge < -0.3 is 20.4 Å². The van der Waals surface area contributed by atoms with E-state index in [2.05, 4.69) is 16.0 Å². The van der Waals surface area contributed by atoms with E-state index in [1.165, 1.54) is 18.0 Å². The van der Waals surface area contributed by atoms with Crippen molar-refractivity contribution in [3.63, 3.8) is 0 Å². The Balaban J connectivity index is 1.31. The van der Waals surface area contributed by atoms with Crippen molar-refractivity contribution in [2.45, 2.75) is 23.1 Å². The molecule has 0 spiro atoms. The topological polar surface area (TPSA) is 100 Å². The zero-order valence-electron chi connectivity index (χ0n) is 15.9. The van der Waals surface area contributed by atoms with Crippen LogP contribution in [0, 0.1) is 0 Å². The molecular weight excluding hydrogens is 402 g/mol. The van der Waals surface area contributed by atoms with Crippen LogP contribution in [0.5, 0.6) is 0 Å². The molecule has 2 aromatic carbocycles. The maximum atomic E-state index is 12.4. The van der Waals surface area contributed by atoms with Crippen molar-refractivity contribution < 1.29 is 18.8 Å². The molecule has 1 aliphatic rings. The van der Waals surface area contributed by atoms with Crippen LogP contribution in [0.3, 0.4) is 0 Å². The number of thioether (sulfide) groups is 1. The second kappa shape index (κ2) is 8.87. The van der Waals surface area contributed by atoms with Crippen molar-refractivity contribution in [3.8, 4) is 0 Å². The van der Waals surface area contributed by atoms with E-state index in [1.807, 2.05) is 30.3 Å². The predicted molar refractivity (Wildman–Crippen MR) is 114 cm³/mol. The molecule has 0 bridgehead atoms. The Hall–Kier alpha value is -3.52. The molecule has 0 saturated carbocycles. The molecular formula is C22H19N3O4S. The molecule has 0 aliphatic carbocycles. The molecule has 7 nitrogen and oxygen atoms in total. The number of rotatable bonds is 6. The zero-order valence-corrected chi connectivity index (χ0v) is 16.7. The van der Waals surface area contributed by atoms with Crippen LogP contribution in [0.25, 0.3) is 0 Å². The monoisotopic (exact) mass is 421 g/mol. The maximum Gasteiger partial charge on any atom is 0.291 e. The zero-order chi connectivity index (χ0) is 20.9. The second-order valence-electron chi connectivity index (χ2n) is 6.70. The summed E-state index contributed by atoms with van der Waals surface area (Å²) in [5, 5.41) is 7.95. The summed E-state index contributed by atoms with van der Waals surface area (Å²) in [5.41, 5.74) is 2.20. The van der Waals surface area contributed by atoms with Crippen molar-refractivity contribution in [3.05, 3.63) is 78.3 Å². The van der Waals surface area contributed by atoms with Crippen molar-refractivity contribution >= 4 is 40.9 Å². The number of furan rings is 1. The molecule has 30 heavy (non-hydrogen) atoms. The molecule has 8 heteroatoms. The average molecular weight is 421 g/mol. The number of benzene rings is 2. The number of carbonyl (C=O) groups excluding carboxylic acids is 3. The Morgan fingerprint density at radius 2 is 1.93 bits per heavy atom. The lowest BCUT2D eigenvalue weighted by molar-refractivity contribution is -0.124. The molecule has 3 amide bonds. The number of fused-ring (bicyclic) bond motifs is 1. The van der Waals surface area contributed by atoms with Gasteiger partial charge in [-0.05, 0) is 42.0 Å². The van der Waals surface area contributed by atoms with E-state index in [4.69, 9.17) is 4.42 Å². The Labute approximate surface area is 177 Å². The summed E-state index contributed by atoms with van der Waals surface area (Å²) < 4.78 is 5.08. The lowest BCUT2D eigenvalue weighted by Gasteiger charge is -2.23. The van der Waals surface area contributed by atoms with Gasteiger partial charge in [0.15, 0.2) is 5.76 Å². The van der Waals surface area contributed by atoms with Gasteiger partial charge in [0.1, 0.15) is 0 Å². The Morgan fingerprint density at radius 3 is 2.77 bits per heavy atom. The number of hydrogen-bond donors (Lipinski definition) is 3. The summed E-state index contributed by atoms with van der Waals surface area (Å²) in [5.74, 6) is -0.510. The lowest BCUT2D eigenvalue weighted by atomic mass is 10.2. The SMILES string of the molecule is O=C(C[C@H]1Sc2ccccc2NC1=O)NCc1cccc(NC(=O)c2ccco2)c1. The van der Waals surface area contributed by atoms with E-state index in [-0.39, 0.29) is 29.9 Å². The summed E-state index contributed by atoms with van der Waals surface area (Å²) in [6.45, 7) is 0.291. The van der Waals surface area contributed by atoms with Crippen LogP contribution in [0.1, 0.15) is 22.5 Å². The van der Waals surface area contributed by atoms with Crippen LogP contribution in [0.4, 0.5) is 11.4 Å². The predicted octanol–water partition coefficient (Wildman–Crippen LogP) is 3.65. The molecule has 0 saturated heterocycles. The average Bonchev–Trinajstić information content (AvgIpc) is 3.28. The fraction of sp³-hybridized carbons (Fsp3) is 0.136. The highest BCUT2D eigenvalue weighted by Gasteiger charge is 2.28. The molecule has 0 radical (unpaired) electrons. The maximum absolute atomic E-state index is 12.4. The number of carbonyl (C=O) groups is 3. The fourth-order valence-corrected chi connectivity index (χ4v) is 4.14. The highest BCUT2D eigenvalue weighted by Crippen LogP contribution is 2.36. The van der Waals surface area contributed by atoms with Crippen LogP contribution in [0.2, 0.25) is 0 Å². The Bertz CT molecular complexity index is 1080. The van der Waals surface area contributed by atoms with Gasteiger partial charge in [0.05, 0.1) is 17.2 Å². The van der Waals surface area contributed by atoms with Gasteiger partial charge in [0, 0.05) is 23.5 Å². The van der Waals surface area contributed by atoms with E-state index >= 15 is 0 Å². The van der Waals surface area contributed by atoms with Crippen LogP contribution < -0.4 is 16.0 Å². The van der Waals surface area contributed by atoms with Crippen LogP contribution in [-0.4, -0.2) is 23.0 Å². The van der Waals surface area contributed by atoms with Crippen molar-refractivity contribution in [2.75, 3.05) is 10.6 Å². The smallest absolute Gasteiger partial charge is 0.291 e. The summed E-state index contributed by atoms with van der Waals surface area (Å²) in [6, 6.07) is 17.9. The minimum Gasteiger partial charge on any atom is -0.459 e. The summed E-state index contributed by atoms with van der Waals surface area (Å²) in [4.78, 5) is 37.7. The summed E-state index contributed by atoms with van der Waals surface area (Å²) >= 11 is 1.39. The summed E-state index contributed by atoms with van der Waals surface area (Å²) in [7, 11) is 0. The molecule has 3 N–H and O–H groups in total. The third kappa shape index (κ3) is 4.72.